The Balaban J connectivity index is 1.26. The van der Waals surface area contributed by atoms with Crippen molar-refractivity contribution in [2.24, 2.45) is 0 Å². The number of aromatic nitrogens is 4. The Morgan fingerprint density at radius 1 is 0.756 bits per heavy atom. The summed E-state index contributed by atoms with van der Waals surface area (Å²) in [6.45, 7) is 1.54. The van der Waals surface area contributed by atoms with E-state index in [0.717, 1.165) is 16.7 Å². The molecular formula is C31H32N6O4. The monoisotopic (exact) mass is 552 g/mol. The topological polar surface area (TPSA) is 129 Å². The minimum Gasteiger partial charge on any atom is -0.374 e. The van der Waals surface area contributed by atoms with Crippen LogP contribution in [0, 0.1) is 0 Å². The lowest BCUT2D eigenvalue weighted by atomic mass is 10.1. The number of nitrogen functional groups attached to an aromatic ring is 1. The molecule has 6 rings (SSSR count). The highest BCUT2D eigenvalue weighted by Crippen LogP contribution is 2.31. The molecule has 2 aromatic heterocycles. The lowest BCUT2D eigenvalue weighted by molar-refractivity contribution is -0.0897. The minimum absolute atomic E-state index is 0.103. The third kappa shape index (κ3) is 6.69. The molecule has 0 aliphatic carbocycles. The number of hydrogen-bond donors (Lipinski definition) is 3. The van der Waals surface area contributed by atoms with Crippen LogP contribution in [0.5, 0.6) is 0 Å². The highest BCUT2D eigenvalue weighted by atomic mass is 16.6. The molecule has 1 saturated heterocycles. The van der Waals surface area contributed by atoms with E-state index in [1.165, 1.54) is 0 Å². The number of nitrogens with one attached hydrogen (secondary N) is 2. The molecule has 4 atom stereocenters. The average Bonchev–Trinajstić information content (AvgIpc) is 3.61. The third-order valence-corrected chi connectivity index (χ3v) is 6.86. The van der Waals surface area contributed by atoms with Crippen molar-refractivity contribution in [3.63, 3.8) is 0 Å². The van der Waals surface area contributed by atoms with Gasteiger partial charge in [-0.25, -0.2) is 4.98 Å². The van der Waals surface area contributed by atoms with Crippen molar-refractivity contribution in [3.05, 3.63) is 114 Å². The van der Waals surface area contributed by atoms with E-state index in [1.54, 1.807) is 6.33 Å². The van der Waals surface area contributed by atoms with E-state index in [0.29, 0.717) is 43.4 Å². The molecule has 1 aliphatic rings. The van der Waals surface area contributed by atoms with E-state index in [1.807, 2.05) is 91.0 Å². The van der Waals surface area contributed by atoms with Crippen molar-refractivity contribution >= 4 is 22.9 Å². The number of ether oxygens (including phenoxy) is 4. The predicted molar refractivity (Wildman–Crippen MR) is 155 cm³/mol. The first-order valence-electron chi connectivity index (χ1n) is 13.5. The molecular weight excluding hydrogens is 520 g/mol. The van der Waals surface area contributed by atoms with Crippen LogP contribution >= 0.6 is 0 Å². The van der Waals surface area contributed by atoms with Gasteiger partial charge in [0.2, 0.25) is 5.95 Å². The number of H-pyrrole nitrogens is 1. The van der Waals surface area contributed by atoms with Gasteiger partial charge in [0.25, 0.3) is 0 Å². The molecule has 0 bridgehead atoms. The molecule has 0 amide bonds. The summed E-state index contributed by atoms with van der Waals surface area (Å²) in [4.78, 5) is 15.9. The second kappa shape index (κ2) is 12.9. The number of nitrogens with two attached hydrogens (primary N) is 1. The number of anilines is 2. The smallest absolute Gasteiger partial charge is 0.224 e. The molecule has 210 valence electrons. The summed E-state index contributed by atoms with van der Waals surface area (Å²) in [5.41, 5.74) is 10.2. The number of nitrogens with zero attached hydrogens (tertiary/aromatic N) is 3. The first kappa shape index (κ1) is 26.9. The van der Waals surface area contributed by atoms with Crippen LogP contribution in [0.1, 0.15) is 16.7 Å². The summed E-state index contributed by atoms with van der Waals surface area (Å²) in [6.07, 6.45) is -0.431. The van der Waals surface area contributed by atoms with Gasteiger partial charge in [-0.05, 0) is 16.7 Å². The Kier molecular flexibility index (Phi) is 8.43. The fourth-order valence-corrected chi connectivity index (χ4v) is 4.85. The third-order valence-electron chi connectivity index (χ3n) is 6.86. The Hall–Kier alpha value is -4.35. The average molecular weight is 553 g/mol. The van der Waals surface area contributed by atoms with Crippen LogP contribution in [-0.2, 0) is 38.8 Å². The van der Waals surface area contributed by atoms with Gasteiger partial charge in [-0.2, -0.15) is 9.97 Å². The molecule has 10 heteroatoms. The van der Waals surface area contributed by atoms with Crippen molar-refractivity contribution in [2.45, 2.75) is 44.4 Å². The zero-order valence-corrected chi connectivity index (χ0v) is 22.4. The van der Waals surface area contributed by atoms with Crippen LogP contribution in [0.15, 0.2) is 97.3 Å². The Morgan fingerprint density at radius 3 is 1.98 bits per heavy atom. The van der Waals surface area contributed by atoms with E-state index in [4.69, 9.17) is 24.7 Å². The number of benzene rings is 3. The SMILES string of the molecule is Nc1nc(N[C@@H]2O[C@H](COCc3ccccc3)[C@@H](OCc3ccccc3)[C@@H]2OCc2ccccc2)c2[nH]cnc2n1. The molecule has 1 fully saturated rings. The second-order valence-electron chi connectivity index (χ2n) is 9.79. The maximum atomic E-state index is 6.55. The van der Waals surface area contributed by atoms with Crippen LogP contribution in [0.3, 0.4) is 0 Å². The summed E-state index contributed by atoms with van der Waals surface area (Å²) < 4.78 is 25.7. The highest BCUT2D eigenvalue weighted by Gasteiger charge is 2.47. The standard InChI is InChI=1S/C31H32N6O4/c32-31-36-28-25(33-20-34-28)29(37-31)35-30-27(40-18-23-14-8-3-9-15-23)26(39-17-22-12-6-2-7-13-22)24(41-30)19-38-16-21-10-4-1-5-11-21/h1-15,20,24,26-27,30H,16-19H2,(H4,32,33,34,35,36,37)/t24-,26-,27+,30-/m1/s1. The first-order valence-corrected chi connectivity index (χ1v) is 13.5. The van der Waals surface area contributed by atoms with Gasteiger partial charge in [-0.3, -0.25) is 0 Å². The number of imidazole rings is 1. The van der Waals surface area contributed by atoms with Gasteiger partial charge in [-0.1, -0.05) is 91.0 Å². The molecule has 5 aromatic rings. The van der Waals surface area contributed by atoms with Gasteiger partial charge in [0.05, 0.1) is 32.8 Å². The van der Waals surface area contributed by atoms with Crippen LogP contribution < -0.4 is 11.1 Å². The van der Waals surface area contributed by atoms with E-state index in [-0.39, 0.29) is 5.95 Å². The molecule has 0 spiro atoms. The van der Waals surface area contributed by atoms with Crippen molar-refractivity contribution in [1.29, 1.82) is 0 Å². The lowest BCUT2D eigenvalue weighted by Crippen LogP contribution is -2.41. The van der Waals surface area contributed by atoms with Crippen molar-refractivity contribution in [3.8, 4) is 0 Å². The normalized spacial score (nSPS) is 20.4. The van der Waals surface area contributed by atoms with Crippen molar-refractivity contribution in [1.82, 2.24) is 19.9 Å². The van der Waals surface area contributed by atoms with Crippen molar-refractivity contribution in [2.75, 3.05) is 17.7 Å². The molecule has 1 aliphatic heterocycles. The van der Waals surface area contributed by atoms with Crippen LogP contribution in [0.4, 0.5) is 11.8 Å². The number of fused-ring (bicyclic) bond motifs is 1. The summed E-state index contributed by atoms with van der Waals surface area (Å²) in [7, 11) is 0. The highest BCUT2D eigenvalue weighted by molar-refractivity contribution is 5.83. The summed E-state index contributed by atoms with van der Waals surface area (Å²) >= 11 is 0. The fourth-order valence-electron chi connectivity index (χ4n) is 4.85. The summed E-state index contributed by atoms with van der Waals surface area (Å²) in [5, 5.41) is 3.38. The fraction of sp³-hybridized carbons (Fsp3) is 0.258. The molecule has 41 heavy (non-hydrogen) atoms. The Bertz CT molecular complexity index is 1520. The molecule has 0 saturated carbocycles. The zero-order valence-electron chi connectivity index (χ0n) is 22.4. The van der Waals surface area contributed by atoms with Gasteiger partial charge >= 0.3 is 0 Å². The van der Waals surface area contributed by atoms with Gasteiger partial charge in [-0.15, -0.1) is 0 Å². The molecule has 3 heterocycles. The van der Waals surface area contributed by atoms with Crippen LogP contribution in [0.2, 0.25) is 0 Å². The number of aromatic amines is 1. The predicted octanol–water partition coefficient (Wildman–Crippen LogP) is 4.46. The summed E-state index contributed by atoms with van der Waals surface area (Å²) in [5.74, 6) is 0.572. The molecule has 0 radical (unpaired) electrons. The Labute approximate surface area is 237 Å². The van der Waals surface area contributed by atoms with Gasteiger partial charge in [0, 0.05) is 0 Å². The quantitative estimate of drug-likeness (QED) is 0.205. The maximum Gasteiger partial charge on any atom is 0.224 e. The molecule has 3 aromatic carbocycles. The molecule has 4 N–H and O–H groups in total. The molecule has 10 nitrogen and oxygen atoms in total. The minimum atomic E-state index is -0.620. The van der Waals surface area contributed by atoms with E-state index in [2.05, 4.69) is 25.3 Å². The second-order valence-corrected chi connectivity index (χ2v) is 9.79. The van der Waals surface area contributed by atoms with Gasteiger partial charge in [0.15, 0.2) is 17.7 Å². The Morgan fingerprint density at radius 2 is 1.34 bits per heavy atom. The van der Waals surface area contributed by atoms with Gasteiger partial charge in [0.1, 0.15) is 23.8 Å². The number of hydrogen-bond acceptors (Lipinski definition) is 9. The van der Waals surface area contributed by atoms with E-state index >= 15 is 0 Å². The van der Waals surface area contributed by atoms with E-state index < -0.39 is 24.5 Å². The van der Waals surface area contributed by atoms with E-state index in [9.17, 15) is 0 Å². The lowest BCUT2D eigenvalue weighted by Gasteiger charge is -2.25. The number of rotatable bonds is 12. The van der Waals surface area contributed by atoms with Gasteiger partial charge < -0.3 is 35.0 Å². The summed E-state index contributed by atoms with van der Waals surface area (Å²) in [6, 6.07) is 30.1. The maximum absolute atomic E-state index is 6.55. The largest absolute Gasteiger partial charge is 0.374 e. The first-order chi connectivity index (χ1) is 20.2. The molecule has 0 unspecified atom stereocenters. The van der Waals surface area contributed by atoms with Crippen LogP contribution in [-0.4, -0.2) is 51.1 Å². The van der Waals surface area contributed by atoms with Crippen molar-refractivity contribution < 1.29 is 18.9 Å². The zero-order chi connectivity index (χ0) is 27.9. The van der Waals surface area contributed by atoms with Crippen LogP contribution in [0.25, 0.3) is 11.2 Å².